The van der Waals surface area contributed by atoms with E-state index in [0.29, 0.717) is 16.3 Å². The Morgan fingerprint density at radius 2 is 1.02 bits per heavy atom. The molecule has 0 aliphatic carbocycles. The molecule has 0 spiro atoms. The van der Waals surface area contributed by atoms with Gasteiger partial charge in [-0.15, -0.1) is 0 Å². The molecule has 0 fully saturated rings. The van der Waals surface area contributed by atoms with E-state index < -0.39 is 116 Å². The van der Waals surface area contributed by atoms with Gasteiger partial charge >= 0.3 is 11.9 Å². The Kier molecular flexibility index (Phi) is 21.2. The minimum Gasteiger partial charge on any atom is -0.480 e. The quantitative estimate of drug-likeness (QED) is 0.0357. The average Bonchev–Trinajstić information content (AvgIpc) is 3.08. The van der Waals surface area contributed by atoms with Crippen molar-refractivity contribution in [2.24, 2.45) is 5.73 Å². The van der Waals surface area contributed by atoms with Crippen LogP contribution in [0.3, 0.4) is 0 Å². The van der Waals surface area contributed by atoms with Gasteiger partial charge in [-0.25, -0.2) is 0 Å². The van der Waals surface area contributed by atoms with Gasteiger partial charge in [0.05, 0.1) is 63.4 Å². The van der Waals surface area contributed by atoms with E-state index in [1.165, 1.54) is 20.8 Å². The molecule has 0 aliphatic heterocycles. The van der Waals surface area contributed by atoms with Gasteiger partial charge in [-0.1, -0.05) is 20.3 Å². The fraction of sp³-hybridized carbons (Fsp3) is 0.677. The normalized spacial score (nSPS) is 12.0. The lowest BCUT2D eigenvalue weighted by atomic mass is 9.92. The number of nitrogens with zero attached hydrogens (tertiary/aromatic N) is 2. The molecule has 21 nitrogen and oxygen atoms in total. The summed E-state index contributed by atoms with van der Waals surface area (Å²) in [6.07, 6.45) is 1.82. The number of hydrogen-bond donors (Lipinski definition) is 9. The Morgan fingerprint density at radius 3 is 1.48 bits per heavy atom. The van der Waals surface area contributed by atoms with Gasteiger partial charge in [0.15, 0.2) is 11.6 Å². The first-order valence-corrected chi connectivity index (χ1v) is 16.5. The van der Waals surface area contributed by atoms with Gasteiger partial charge < -0.3 is 47.0 Å². The minimum atomic E-state index is -1.49. The topological polar surface area (TPSA) is 316 Å². The van der Waals surface area contributed by atoms with Crippen molar-refractivity contribution >= 4 is 58.9 Å². The van der Waals surface area contributed by atoms with Crippen LogP contribution in [-0.4, -0.2) is 162 Å². The first-order chi connectivity index (χ1) is 24.2. The molecule has 0 heterocycles. The zero-order chi connectivity index (χ0) is 40.1. The average molecular weight is 744 g/mol. The van der Waals surface area contributed by atoms with Crippen molar-refractivity contribution in [3.63, 3.8) is 0 Å². The molecule has 6 amide bonds. The lowest BCUT2D eigenvalue weighted by Crippen LogP contribution is -2.57. The first-order valence-electron chi connectivity index (χ1n) is 16.5. The molecule has 0 saturated carbocycles. The van der Waals surface area contributed by atoms with Gasteiger partial charge in [-0.3, -0.25) is 58.6 Å². The zero-order valence-electron chi connectivity index (χ0n) is 30.3. The molecule has 10 N–H and O–H groups in total. The highest BCUT2D eigenvalue weighted by Gasteiger charge is 2.34. The van der Waals surface area contributed by atoms with Crippen LogP contribution in [0.1, 0.15) is 53.9 Å². The van der Waals surface area contributed by atoms with Crippen LogP contribution in [0, 0.1) is 0 Å². The van der Waals surface area contributed by atoms with Crippen LogP contribution in [-0.2, 0) is 47.9 Å². The Morgan fingerprint density at radius 1 is 0.577 bits per heavy atom. The van der Waals surface area contributed by atoms with Crippen LogP contribution >= 0.6 is 0 Å². The van der Waals surface area contributed by atoms with Crippen molar-refractivity contribution in [2.75, 3.05) is 72.0 Å². The van der Waals surface area contributed by atoms with Gasteiger partial charge in [-0.05, 0) is 33.6 Å². The summed E-state index contributed by atoms with van der Waals surface area (Å²) in [6, 6.07) is 0. The van der Waals surface area contributed by atoms with E-state index in [-0.39, 0.29) is 25.4 Å². The number of Topliss-reactive ketones (excluding diaryl/α,β-unsaturated/α-hetero) is 2. The maximum Gasteiger partial charge on any atom is 0.323 e. The van der Waals surface area contributed by atoms with Crippen molar-refractivity contribution in [3.05, 3.63) is 0 Å². The molecule has 0 aromatic heterocycles. The number of amides is 6. The van der Waals surface area contributed by atoms with Crippen LogP contribution in [0.5, 0.6) is 0 Å². The molecule has 0 bridgehead atoms. The van der Waals surface area contributed by atoms with Crippen LogP contribution in [0.4, 0.5) is 0 Å². The molecule has 52 heavy (non-hydrogen) atoms. The predicted molar refractivity (Wildman–Crippen MR) is 183 cm³/mol. The highest BCUT2D eigenvalue weighted by atomic mass is 16.4. The number of carbonyl (C=O) groups is 10. The summed E-state index contributed by atoms with van der Waals surface area (Å²) in [5.74, 6) is -8.38. The summed E-state index contributed by atoms with van der Waals surface area (Å²) in [6.45, 7) is 2.29. The second kappa shape index (κ2) is 23.5. The van der Waals surface area contributed by atoms with Crippen molar-refractivity contribution in [1.29, 1.82) is 0 Å². The van der Waals surface area contributed by atoms with E-state index in [1.807, 2.05) is 6.92 Å². The molecule has 0 radical (unpaired) electrons. The van der Waals surface area contributed by atoms with Crippen LogP contribution in [0.15, 0.2) is 0 Å². The summed E-state index contributed by atoms with van der Waals surface area (Å²) < 4.78 is 0. The number of unbranched alkanes of at least 4 members (excludes halogenated alkanes) is 1. The van der Waals surface area contributed by atoms with E-state index in [0.717, 1.165) is 12.8 Å². The van der Waals surface area contributed by atoms with Crippen LogP contribution in [0.25, 0.3) is 0 Å². The van der Waals surface area contributed by atoms with E-state index in [1.54, 1.807) is 6.92 Å². The third-order valence-electron chi connectivity index (χ3n) is 7.73. The highest BCUT2D eigenvalue weighted by molar-refractivity contribution is 5.97. The second-order valence-electron chi connectivity index (χ2n) is 12.4. The van der Waals surface area contributed by atoms with Gasteiger partial charge in [0.25, 0.3) is 0 Å². The van der Waals surface area contributed by atoms with Crippen molar-refractivity contribution in [2.45, 2.75) is 65.0 Å². The van der Waals surface area contributed by atoms with Gasteiger partial charge in [-0.2, -0.15) is 0 Å². The predicted octanol–water partition coefficient (Wildman–Crippen LogP) is -4.70. The monoisotopic (exact) mass is 743 g/mol. The summed E-state index contributed by atoms with van der Waals surface area (Å²) >= 11 is 0. The number of carboxylic acid groups (broad SMARTS) is 2. The number of nitrogens with one attached hydrogen (secondary N) is 6. The minimum absolute atomic E-state index is 0.149. The molecular weight excluding hydrogens is 690 g/mol. The molecule has 1 atom stereocenters. The SMILES string of the molecule is CCCCNC(=O)CNC(=O)CNC(C)(CC)C(=O)CN(CC(=O)O)C(=O)CNC(=O)CNC(C)(C)C(=O)CN(CC(=O)O)C(=O)CNC(=O)CN. The fourth-order valence-electron chi connectivity index (χ4n) is 4.02. The molecular formula is C31H53N9O12. The zero-order valence-corrected chi connectivity index (χ0v) is 30.3. The maximum atomic E-state index is 13.2. The second-order valence-corrected chi connectivity index (χ2v) is 12.4. The number of aliphatic carboxylic acids is 2. The third-order valence-corrected chi connectivity index (χ3v) is 7.73. The number of ketones is 2. The summed E-state index contributed by atoms with van der Waals surface area (Å²) in [5.41, 5.74) is 2.30. The van der Waals surface area contributed by atoms with E-state index in [9.17, 15) is 53.1 Å². The standard InChI is InChI=1S/C31H53N9O12/c1-6-8-9-33-23(44)11-34-25(46)13-38-31(5,7-2)21(42)17-40(19-29(51)52)27(48)15-36-24(45)12-37-30(3,4)20(41)16-39(18-28(49)50)26(47)14-35-22(43)10-32/h37-38H,6-19,32H2,1-5H3,(H,33,44)(H,34,46)(H,35,43)(H,36,45)(H,49,50)(H,51,52). The van der Waals surface area contributed by atoms with Gasteiger partial charge in [0, 0.05) is 6.54 Å². The highest BCUT2D eigenvalue weighted by Crippen LogP contribution is 2.12. The summed E-state index contributed by atoms with van der Waals surface area (Å²) in [4.78, 5) is 124. The largest absolute Gasteiger partial charge is 0.480 e. The molecule has 0 aromatic carbocycles. The van der Waals surface area contributed by atoms with Crippen molar-refractivity contribution in [1.82, 2.24) is 41.7 Å². The number of rotatable bonds is 27. The van der Waals surface area contributed by atoms with Gasteiger partial charge in [0.1, 0.15) is 13.1 Å². The molecule has 0 rings (SSSR count). The van der Waals surface area contributed by atoms with E-state index >= 15 is 0 Å². The van der Waals surface area contributed by atoms with Crippen LogP contribution in [0.2, 0.25) is 0 Å². The number of hydrogen-bond acceptors (Lipinski definition) is 13. The lowest BCUT2D eigenvalue weighted by molar-refractivity contribution is -0.146. The molecule has 0 saturated heterocycles. The number of nitrogens with two attached hydrogens (primary N) is 1. The van der Waals surface area contributed by atoms with Crippen LogP contribution < -0.4 is 37.6 Å². The summed E-state index contributed by atoms with van der Waals surface area (Å²) in [5, 5.41) is 33.5. The third kappa shape index (κ3) is 18.8. The van der Waals surface area contributed by atoms with E-state index in [4.69, 9.17) is 10.8 Å². The molecule has 0 aliphatic rings. The molecule has 0 aromatic rings. The Labute approximate surface area is 301 Å². The fourth-order valence-corrected chi connectivity index (χ4v) is 4.02. The Hall–Kier alpha value is -5.02. The summed E-state index contributed by atoms with van der Waals surface area (Å²) in [7, 11) is 0. The molecule has 294 valence electrons. The van der Waals surface area contributed by atoms with Crippen molar-refractivity contribution in [3.8, 4) is 0 Å². The molecule has 21 heteroatoms. The first kappa shape index (κ1) is 47.0. The Balaban J connectivity index is 5.23. The van der Waals surface area contributed by atoms with E-state index in [2.05, 4.69) is 31.9 Å². The Bertz CT molecular complexity index is 1320. The lowest BCUT2D eigenvalue weighted by Gasteiger charge is -2.31. The van der Waals surface area contributed by atoms with Gasteiger partial charge in [0.2, 0.25) is 35.4 Å². The number of carbonyl (C=O) groups excluding carboxylic acids is 8. The number of carboxylic acids is 2. The molecule has 1 unspecified atom stereocenters. The maximum absolute atomic E-state index is 13.2. The van der Waals surface area contributed by atoms with Crippen molar-refractivity contribution < 1.29 is 58.2 Å². The smallest absolute Gasteiger partial charge is 0.323 e.